The molecule has 6 nitrogen and oxygen atoms in total. The summed E-state index contributed by atoms with van der Waals surface area (Å²) in [5, 5.41) is 2.81. The summed E-state index contributed by atoms with van der Waals surface area (Å²) >= 11 is 6.19. The SMILES string of the molecule is Cc1ccc(N2C(=O)NC(=O)/C(=C\c3ccccc3OCc3ccccc3Cl)C2=O)cc1. The standard InChI is InChI=1S/C25H19ClN2O4/c1-16-10-12-19(13-11-16)28-24(30)20(23(29)27-25(28)31)14-17-6-3-5-9-22(17)32-15-18-7-2-4-8-21(18)26/h2-14H,15H2,1H3,(H,27,29,31)/b20-14+. The van der Waals surface area contributed by atoms with E-state index in [-0.39, 0.29) is 12.2 Å². The Hall–Kier alpha value is -3.90. The summed E-state index contributed by atoms with van der Waals surface area (Å²) in [5.41, 5.74) is 2.52. The molecule has 4 rings (SSSR count). The third-order valence-corrected chi connectivity index (χ3v) is 5.32. The van der Waals surface area contributed by atoms with Gasteiger partial charge >= 0.3 is 6.03 Å². The van der Waals surface area contributed by atoms with Crippen molar-refractivity contribution in [2.45, 2.75) is 13.5 Å². The Morgan fingerprint density at radius 1 is 0.938 bits per heavy atom. The molecule has 1 saturated heterocycles. The molecular weight excluding hydrogens is 428 g/mol. The van der Waals surface area contributed by atoms with Gasteiger partial charge in [0.05, 0.1) is 5.69 Å². The topological polar surface area (TPSA) is 75.7 Å². The van der Waals surface area contributed by atoms with Crippen molar-refractivity contribution in [2.75, 3.05) is 4.90 Å². The maximum atomic E-state index is 13.1. The molecule has 0 atom stereocenters. The largest absolute Gasteiger partial charge is 0.488 e. The number of anilines is 1. The van der Waals surface area contributed by atoms with E-state index in [0.29, 0.717) is 22.0 Å². The van der Waals surface area contributed by atoms with Crippen LogP contribution >= 0.6 is 11.6 Å². The second-order valence-corrected chi connectivity index (χ2v) is 7.62. The molecular formula is C25H19ClN2O4. The molecule has 0 bridgehead atoms. The lowest BCUT2D eigenvalue weighted by Crippen LogP contribution is -2.54. The Balaban J connectivity index is 1.64. The van der Waals surface area contributed by atoms with Crippen LogP contribution in [-0.4, -0.2) is 17.8 Å². The number of ether oxygens (including phenoxy) is 1. The van der Waals surface area contributed by atoms with Crippen molar-refractivity contribution in [1.82, 2.24) is 5.32 Å². The number of amides is 4. The molecule has 3 aromatic carbocycles. The van der Waals surface area contributed by atoms with Crippen molar-refractivity contribution in [3.05, 3.63) is 100 Å². The summed E-state index contributed by atoms with van der Waals surface area (Å²) in [5.74, 6) is -0.993. The minimum atomic E-state index is -0.788. The molecule has 1 aliphatic heterocycles. The first-order valence-electron chi connectivity index (χ1n) is 9.87. The number of carbonyl (C=O) groups is 3. The second kappa shape index (κ2) is 9.08. The Morgan fingerprint density at radius 3 is 2.38 bits per heavy atom. The molecule has 0 radical (unpaired) electrons. The van der Waals surface area contributed by atoms with Crippen LogP contribution in [-0.2, 0) is 16.2 Å². The van der Waals surface area contributed by atoms with Gasteiger partial charge in [0.2, 0.25) is 0 Å². The van der Waals surface area contributed by atoms with Crippen molar-refractivity contribution >= 4 is 41.2 Å². The van der Waals surface area contributed by atoms with E-state index in [0.717, 1.165) is 16.0 Å². The first-order chi connectivity index (χ1) is 15.4. The van der Waals surface area contributed by atoms with Crippen LogP contribution in [0.25, 0.3) is 6.08 Å². The highest BCUT2D eigenvalue weighted by atomic mass is 35.5. The molecule has 0 unspecified atom stereocenters. The van der Waals surface area contributed by atoms with Gasteiger partial charge in [0, 0.05) is 16.1 Å². The average Bonchev–Trinajstić information content (AvgIpc) is 2.78. The number of hydrogen-bond donors (Lipinski definition) is 1. The van der Waals surface area contributed by atoms with Crippen molar-refractivity contribution in [3.8, 4) is 5.75 Å². The summed E-state index contributed by atoms with van der Waals surface area (Å²) in [6.45, 7) is 2.12. The normalized spacial score (nSPS) is 15.1. The lowest BCUT2D eigenvalue weighted by atomic mass is 10.1. The van der Waals surface area contributed by atoms with Crippen LogP contribution in [0.2, 0.25) is 5.02 Å². The fourth-order valence-corrected chi connectivity index (χ4v) is 3.43. The van der Waals surface area contributed by atoms with Crippen LogP contribution in [0, 0.1) is 6.92 Å². The number of urea groups is 1. The molecule has 4 amide bonds. The predicted molar refractivity (Wildman–Crippen MR) is 122 cm³/mol. The van der Waals surface area contributed by atoms with E-state index >= 15 is 0 Å². The van der Waals surface area contributed by atoms with Crippen LogP contribution in [0.4, 0.5) is 10.5 Å². The Morgan fingerprint density at radius 2 is 1.62 bits per heavy atom. The molecule has 0 saturated carbocycles. The number of hydrogen-bond acceptors (Lipinski definition) is 4. The van der Waals surface area contributed by atoms with E-state index in [1.807, 2.05) is 25.1 Å². The highest BCUT2D eigenvalue weighted by Crippen LogP contribution is 2.27. The molecule has 1 heterocycles. The van der Waals surface area contributed by atoms with Crippen molar-refractivity contribution in [3.63, 3.8) is 0 Å². The Kier molecular flexibility index (Phi) is 6.05. The number of benzene rings is 3. The Labute approximate surface area is 190 Å². The minimum absolute atomic E-state index is 0.168. The van der Waals surface area contributed by atoms with Gasteiger partial charge in [-0.25, -0.2) is 9.69 Å². The highest BCUT2D eigenvalue weighted by molar-refractivity contribution is 6.39. The molecule has 7 heteroatoms. The summed E-state index contributed by atoms with van der Waals surface area (Å²) in [6.07, 6.45) is 1.42. The zero-order valence-electron chi connectivity index (χ0n) is 17.2. The van der Waals surface area contributed by atoms with E-state index in [9.17, 15) is 14.4 Å². The molecule has 3 aromatic rings. The van der Waals surface area contributed by atoms with E-state index in [2.05, 4.69) is 5.32 Å². The van der Waals surface area contributed by atoms with Crippen LogP contribution < -0.4 is 15.0 Å². The van der Waals surface area contributed by atoms with Gasteiger partial charge < -0.3 is 4.74 Å². The number of imide groups is 2. The Bertz CT molecular complexity index is 1230. The maximum absolute atomic E-state index is 13.1. The summed E-state index contributed by atoms with van der Waals surface area (Å²) in [7, 11) is 0. The van der Waals surface area contributed by atoms with Crippen LogP contribution in [0.1, 0.15) is 16.7 Å². The number of barbiturate groups is 1. The lowest BCUT2D eigenvalue weighted by molar-refractivity contribution is -0.122. The van der Waals surface area contributed by atoms with Gasteiger partial charge in [0.15, 0.2) is 0 Å². The van der Waals surface area contributed by atoms with Gasteiger partial charge in [-0.2, -0.15) is 0 Å². The molecule has 1 fully saturated rings. The zero-order valence-corrected chi connectivity index (χ0v) is 17.9. The average molecular weight is 447 g/mol. The molecule has 0 spiro atoms. The molecule has 32 heavy (non-hydrogen) atoms. The fourth-order valence-electron chi connectivity index (χ4n) is 3.24. The van der Waals surface area contributed by atoms with Crippen molar-refractivity contribution in [2.24, 2.45) is 0 Å². The number of aryl methyl sites for hydroxylation is 1. The monoisotopic (exact) mass is 446 g/mol. The zero-order chi connectivity index (χ0) is 22.7. The third kappa shape index (κ3) is 4.40. The van der Waals surface area contributed by atoms with E-state index in [1.54, 1.807) is 54.6 Å². The number of rotatable bonds is 5. The minimum Gasteiger partial charge on any atom is -0.488 e. The lowest BCUT2D eigenvalue weighted by Gasteiger charge is -2.26. The van der Waals surface area contributed by atoms with Gasteiger partial charge in [0.1, 0.15) is 17.9 Å². The highest BCUT2D eigenvalue weighted by Gasteiger charge is 2.36. The summed E-state index contributed by atoms with van der Waals surface area (Å²) in [4.78, 5) is 38.9. The fraction of sp³-hybridized carbons (Fsp3) is 0.0800. The molecule has 1 N–H and O–H groups in total. The van der Waals surface area contributed by atoms with Gasteiger partial charge in [0.25, 0.3) is 11.8 Å². The van der Waals surface area contributed by atoms with Gasteiger partial charge in [-0.1, -0.05) is 65.7 Å². The molecule has 160 valence electrons. The quantitative estimate of drug-likeness (QED) is 0.447. The second-order valence-electron chi connectivity index (χ2n) is 7.21. The number of para-hydroxylation sites is 1. The number of halogens is 1. The van der Waals surface area contributed by atoms with Crippen LogP contribution in [0.15, 0.2) is 78.4 Å². The van der Waals surface area contributed by atoms with Gasteiger partial charge in [-0.3, -0.25) is 14.9 Å². The van der Waals surface area contributed by atoms with Gasteiger partial charge in [-0.05, 0) is 37.3 Å². The van der Waals surface area contributed by atoms with Crippen molar-refractivity contribution in [1.29, 1.82) is 0 Å². The summed E-state index contributed by atoms with van der Waals surface area (Å²) < 4.78 is 5.91. The number of nitrogens with one attached hydrogen (secondary N) is 1. The number of carbonyl (C=O) groups excluding carboxylic acids is 3. The van der Waals surface area contributed by atoms with E-state index in [1.165, 1.54) is 6.08 Å². The first kappa shape index (κ1) is 21.3. The first-order valence-corrected chi connectivity index (χ1v) is 10.2. The van der Waals surface area contributed by atoms with Crippen LogP contribution in [0.3, 0.4) is 0 Å². The smallest absolute Gasteiger partial charge is 0.335 e. The van der Waals surface area contributed by atoms with Crippen LogP contribution in [0.5, 0.6) is 5.75 Å². The molecule has 0 aliphatic carbocycles. The van der Waals surface area contributed by atoms with E-state index < -0.39 is 17.8 Å². The van der Waals surface area contributed by atoms with Crippen molar-refractivity contribution < 1.29 is 19.1 Å². The summed E-state index contributed by atoms with van der Waals surface area (Å²) in [6, 6.07) is 20.4. The molecule has 1 aliphatic rings. The predicted octanol–water partition coefficient (Wildman–Crippen LogP) is 4.89. The van der Waals surface area contributed by atoms with Gasteiger partial charge in [-0.15, -0.1) is 0 Å². The molecule has 0 aromatic heterocycles. The number of nitrogens with zero attached hydrogens (tertiary/aromatic N) is 1. The third-order valence-electron chi connectivity index (χ3n) is 4.95. The maximum Gasteiger partial charge on any atom is 0.335 e. The van der Waals surface area contributed by atoms with E-state index in [4.69, 9.17) is 16.3 Å².